The summed E-state index contributed by atoms with van der Waals surface area (Å²) in [7, 11) is 1.32. The van der Waals surface area contributed by atoms with Gasteiger partial charge in [0.2, 0.25) is 11.8 Å². The SMILES string of the molecule is COC(=O)N[C@H](C(=O)N1CCC[C@H]1C1=Nc2ccc([C@H]3C[C@H]3c3ccc(C4=CN=C([C@@H]5CCCN5C(=O)[C@@H](C)C(C)C)C4)cc3)cc2C1)C(C)C. The summed E-state index contributed by atoms with van der Waals surface area (Å²) in [5.41, 5.74) is 9.60. The first-order valence-electron chi connectivity index (χ1n) is 19.1. The molecule has 5 aliphatic rings. The van der Waals surface area contributed by atoms with Crippen LogP contribution in [0.5, 0.6) is 0 Å². The van der Waals surface area contributed by atoms with E-state index < -0.39 is 12.1 Å². The molecule has 9 heteroatoms. The maximum atomic E-state index is 13.6. The van der Waals surface area contributed by atoms with Crippen molar-refractivity contribution in [3.05, 3.63) is 70.9 Å². The first kappa shape index (κ1) is 35.1. The molecule has 2 saturated heterocycles. The molecule has 1 saturated carbocycles. The number of hydrogen-bond donors (Lipinski definition) is 1. The molecular weight excluding hydrogens is 638 g/mol. The Morgan fingerprint density at radius 3 is 2.12 bits per heavy atom. The second-order valence-corrected chi connectivity index (χ2v) is 16.0. The number of hydrogen-bond acceptors (Lipinski definition) is 6. The minimum absolute atomic E-state index is 0.0310. The van der Waals surface area contributed by atoms with Crippen LogP contribution < -0.4 is 5.32 Å². The molecule has 2 aromatic rings. The minimum atomic E-state index is -0.631. The van der Waals surface area contributed by atoms with E-state index in [4.69, 9.17) is 14.7 Å². The van der Waals surface area contributed by atoms with Gasteiger partial charge in [-0.3, -0.25) is 19.6 Å². The molecule has 1 aliphatic carbocycles. The third kappa shape index (κ3) is 7.01. The Morgan fingerprint density at radius 1 is 0.804 bits per heavy atom. The molecule has 1 N–H and O–H groups in total. The lowest BCUT2D eigenvalue weighted by molar-refractivity contribution is -0.136. The van der Waals surface area contributed by atoms with Crippen molar-refractivity contribution in [2.24, 2.45) is 27.7 Å². The van der Waals surface area contributed by atoms with E-state index in [0.717, 1.165) is 68.6 Å². The fourth-order valence-electron chi connectivity index (χ4n) is 8.55. The van der Waals surface area contributed by atoms with Crippen LogP contribution in [0.3, 0.4) is 0 Å². The molecule has 4 heterocycles. The average Bonchev–Trinajstić information content (AvgIpc) is 3.64. The molecule has 0 aromatic heterocycles. The van der Waals surface area contributed by atoms with Gasteiger partial charge in [0.25, 0.3) is 0 Å². The highest BCUT2D eigenvalue weighted by atomic mass is 16.5. The Labute approximate surface area is 302 Å². The number of carbonyl (C=O) groups is 3. The number of methoxy groups -OCH3 is 1. The normalized spacial score (nSPS) is 25.1. The molecule has 7 rings (SSSR count). The summed E-state index contributed by atoms with van der Waals surface area (Å²) in [5.74, 6) is 1.50. The average molecular weight is 692 g/mol. The van der Waals surface area contributed by atoms with Crippen LogP contribution in [0.4, 0.5) is 10.5 Å². The molecule has 0 radical (unpaired) electrons. The number of allylic oxidation sites excluding steroid dienone is 1. The van der Waals surface area contributed by atoms with Crippen LogP contribution in [0.25, 0.3) is 5.57 Å². The van der Waals surface area contributed by atoms with Crippen molar-refractivity contribution in [2.75, 3.05) is 20.2 Å². The number of nitrogens with zero attached hydrogens (tertiary/aromatic N) is 4. The van der Waals surface area contributed by atoms with E-state index in [1.165, 1.54) is 34.9 Å². The summed E-state index contributed by atoms with van der Waals surface area (Å²) < 4.78 is 4.79. The van der Waals surface area contributed by atoms with Gasteiger partial charge in [-0.05, 0) is 89.7 Å². The molecule has 4 aliphatic heterocycles. The van der Waals surface area contributed by atoms with Crippen molar-refractivity contribution in [3.63, 3.8) is 0 Å². The zero-order valence-corrected chi connectivity index (χ0v) is 31.0. The summed E-state index contributed by atoms with van der Waals surface area (Å²) >= 11 is 0. The van der Waals surface area contributed by atoms with E-state index in [-0.39, 0.29) is 35.7 Å². The molecule has 3 amide bonds. The maximum absolute atomic E-state index is 13.6. The molecule has 270 valence electrons. The monoisotopic (exact) mass is 691 g/mol. The summed E-state index contributed by atoms with van der Waals surface area (Å²) in [4.78, 5) is 52.7. The van der Waals surface area contributed by atoms with Crippen LogP contribution in [0, 0.1) is 17.8 Å². The predicted molar refractivity (Wildman–Crippen MR) is 201 cm³/mol. The number of rotatable bonds is 10. The molecule has 6 atom stereocenters. The van der Waals surface area contributed by atoms with Crippen LogP contribution in [0.15, 0.2) is 58.6 Å². The fourth-order valence-corrected chi connectivity index (χ4v) is 8.55. The molecule has 51 heavy (non-hydrogen) atoms. The predicted octanol–water partition coefficient (Wildman–Crippen LogP) is 7.43. The minimum Gasteiger partial charge on any atom is -0.453 e. The first-order valence-corrected chi connectivity index (χ1v) is 19.1. The Kier molecular flexibility index (Phi) is 9.92. The number of aliphatic imine (C=N–C) groups is 2. The Balaban J connectivity index is 0.949. The third-order valence-corrected chi connectivity index (χ3v) is 12.0. The molecule has 9 nitrogen and oxygen atoms in total. The number of ether oxygens (including phenoxy) is 1. The molecule has 2 aromatic carbocycles. The summed E-state index contributed by atoms with van der Waals surface area (Å²) in [6.45, 7) is 11.7. The molecule has 0 spiro atoms. The topological polar surface area (TPSA) is 104 Å². The van der Waals surface area contributed by atoms with Crippen LogP contribution >= 0.6 is 0 Å². The summed E-state index contributed by atoms with van der Waals surface area (Å²) in [6, 6.07) is 15.2. The molecular formula is C42H53N5O4. The van der Waals surface area contributed by atoms with Gasteiger partial charge in [-0.25, -0.2) is 4.79 Å². The van der Waals surface area contributed by atoms with Crippen molar-refractivity contribution in [1.29, 1.82) is 0 Å². The highest BCUT2D eigenvalue weighted by Gasteiger charge is 2.42. The van der Waals surface area contributed by atoms with E-state index in [2.05, 4.69) is 73.5 Å². The van der Waals surface area contributed by atoms with Gasteiger partial charge in [0, 0.05) is 49.5 Å². The van der Waals surface area contributed by atoms with Crippen LogP contribution in [-0.4, -0.2) is 77.5 Å². The van der Waals surface area contributed by atoms with Gasteiger partial charge in [0.1, 0.15) is 6.04 Å². The lowest BCUT2D eigenvalue weighted by Gasteiger charge is -2.30. The quantitative estimate of drug-likeness (QED) is 0.280. The maximum Gasteiger partial charge on any atom is 0.407 e. The molecule has 3 fully saturated rings. The number of benzene rings is 2. The zero-order chi connectivity index (χ0) is 36.0. The van der Waals surface area contributed by atoms with Gasteiger partial charge in [0.15, 0.2) is 0 Å². The third-order valence-electron chi connectivity index (χ3n) is 12.0. The Morgan fingerprint density at radius 2 is 1.45 bits per heavy atom. The number of alkyl carbamates (subject to hydrolysis) is 1. The van der Waals surface area contributed by atoms with Crippen molar-refractivity contribution in [1.82, 2.24) is 15.1 Å². The number of fused-ring (bicyclic) bond motifs is 1. The van der Waals surface area contributed by atoms with E-state index in [1.807, 2.05) is 24.9 Å². The van der Waals surface area contributed by atoms with Crippen molar-refractivity contribution < 1.29 is 19.1 Å². The van der Waals surface area contributed by atoms with Crippen LogP contribution in [0.1, 0.15) is 107 Å². The van der Waals surface area contributed by atoms with Gasteiger partial charge in [0.05, 0.1) is 24.9 Å². The summed E-state index contributed by atoms with van der Waals surface area (Å²) in [5, 5.41) is 2.74. The standard InChI is InChI=1S/C42H53N5O4/c1-24(2)26(5)40(48)46-17-7-9-37(46)35-21-31(23-43-35)27-11-13-28(14-12-27)32-22-33(32)29-15-16-34-30(19-29)20-36(44-34)38-10-8-18-47(38)41(49)39(25(3)4)45-42(50)51-6/h11-16,19,23-26,32-33,37-39H,7-10,17-18,20-22H2,1-6H3,(H,45,50)/t26-,32-,33+,37-,38-,39-/m0/s1. The number of nitrogens with one attached hydrogen (secondary N) is 1. The number of amides is 3. The van der Waals surface area contributed by atoms with Gasteiger partial charge in [-0.15, -0.1) is 0 Å². The van der Waals surface area contributed by atoms with E-state index in [1.54, 1.807) is 0 Å². The highest BCUT2D eigenvalue weighted by Crippen LogP contribution is 2.55. The number of likely N-dealkylation sites (tertiary alicyclic amines) is 2. The van der Waals surface area contributed by atoms with E-state index in [0.29, 0.717) is 24.3 Å². The van der Waals surface area contributed by atoms with Crippen molar-refractivity contribution in [2.45, 2.75) is 110 Å². The lowest BCUT2D eigenvalue weighted by atomic mass is 9.94. The zero-order valence-electron chi connectivity index (χ0n) is 31.0. The second kappa shape index (κ2) is 14.4. The largest absolute Gasteiger partial charge is 0.453 e. The Hall–Kier alpha value is -4.27. The smallest absolute Gasteiger partial charge is 0.407 e. The molecule has 0 unspecified atom stereocenters. The molecule has 0 bridgehead atoms. The van der Waals surface area contributed by atoms with Gasteiger partial charge in [-0.1, -0.05) is 71.0 Å². The van der Waals surface area contributed by atoms with Crippen LogP contribution in [-0.2, 0) is 20.7 Å². The lowest BCUT2D eigenvalue weighted by Crippen LogP contribution is -2.53. The van der Waals surface area contributed by atoms with Gasteiger partial charge < -0.3 is 19.9 Å². The van der Waals surface area contributed by atoms with Crippen molar-refractivity contribution >= 4 is 40.6 Å². The number of carbonyl (C=O) groups excluding carboxylic acids is 3. The fraction of sp³-hybridized carbons (Fsp3) is 0.548. The first-order chi connectivity index (χ1) is 24.5. The van der Waals surface area contributed by atoms with Crippen LogP contribution in [0.2, 0.25) is 0 Å². The van der Waals surface area contributed by atoms with E-state index >= 15 is 0 Å². The van der Waals surface area contributed by atoms with Crippen molar-refractivity contribution in [3.8, 4) is 0 Å². The van der Waals surface area contributed by atoms with Gasteiger partial charge in [-0.2, -0.15) is 0 Å². The highest BCUT2D eigenvalue weighted by molar-refractivity contribution is 6.03. The van der Waals surface area contributed by atoms with Gasteiger partial charge >= 0.3 is 6.09 Å². The summed E-state index contributed by atoms with van der Waals surface area (Å²) in [6.07, 6.45) is 7.98. The van der Waals surface area contributed by atoms with E-state index in [9.17, 15) is 14.4 Å². The Bertz CT molecular complexity index is 1780. The second-order valence-electron chi connectivity index (χ2n) is 16.0.